The molecule has 3 unspecified atom stereocenters. The SMILES string of the molecule is CC(C)C(NC(=O)CNC(=O)C1OC(=O)C1C(C)C)C(=O)O.CCC. The summed E-state index contributed by atoms with van der Waals surface area (Å²) in [6.45, 7) is 10.8. The summed E-state index contributed by atoms with van der Waals surface area (Å²) in [5, 5.41) is 13.7. The van der Waals surface area contributed by atoms with Gasteiger partial charge >= 0.3 is 11.9 Å². The van der Waals surface area contributed by atoms with Crippen LogP contribution in [0.1, 0.15) is 48.0 Å². The first-order valence-corrected chi connectivity index (χ1v) is 8.57. The van der Waals surface area contributed by atoms with Gasteiger partial charge in [-0.15, -0.1) is 0 Å². The van der Waals surface area contributed by atoms with Gasteiger partial charge in [-0.1, -0.05) is 48.0 Å². The Morgan fingerprint density at radius 3 is 2.04 bits per heavy atom. The summed E-state index contributed by atoms with van der Waals surface area (Å²) < 4.78 is 4.79. The van der Waals surface area contributed by atoms with Crippen LogP contribution in [0.5, 0.6) is 0 Å². The zero-order valence-electron chi connectivity index (χ0n) is 15.8. The molecule has 0 aromatic rings. The normalized spacial score (nSPS) is 19.9. The quantitative estimate of drug-likeness (QED) is 0.582. The average molecular weight is 358 g/mol. The number of hydrogen-bond donors (Lipinski definition) is 3. The molecule has 8 nitrogen and oxygen atoms in total. The Hall–Kier alpha value is -2.12. The predicted molar refractivity (Wildman–Crippen MR) is 91.6 cm³/mol. The van der Waals surface area contributed by atoms with Gasteiger partial charge in [0.2, 0.25) is 5.91 Å². The number of carbonyl (C=O) groups excluding carboxylic acids is 3. The van der Waals surface area contributed by atoms with Crippen molar-refractivity contribution in [1.29, 1.82) is 0 Å². The van der Waals surface area contributed by atoms with Gasteiger partial charge in [-0.25, -0.2) is 4.79 Å². The van der Waals surface area contributed by atoms with E-state index in [4.69, 9.17) is 9.84 Å². The molecule has 1 aliphatic heterocycles. The van der Waals surface area contributed by atoms with Crippen molar-refractivity contribution in [3.05, 3.63) is 0 Å². The van der Waals surface area contributed by atoms with Gasteiger partial charge in [0.15, 0.2) is 6.10 Å². The monoisotopic (exact) mass is 358 g/mol. The van der Waals surface area contributed by atoms with E-state index in [2.05, 4.69) is 24.5 Å². The molecule has 0 radical (unpaired) electrons. The minimum absolute atomic E-state index is 0.0387. The Bertz CT molecular complexity index is 490. The van der Waals surface area contributed by atoms with Crippen LogP contribution in [0, 0.1) is 17.8 Å². The maximum Gasteiger partial charge on any atom is 0.326 e. The van der Waals surface area contributed by atoms with Crippen molar-refractivity contribution in [2.75, 3.05) is 6.54 Å². The molecule has 0 aromatic carbocycles. The van der Waals surface area contributed by atoms with Crippen LogP contribution in [0.3, 0.4) is 0 Å². The van der Waals surface area contributed by atoms with Crippen molar-refractivity contribution in [3.63, 3.8) is 0 Å². The number of nitrogens with one attached hydrogen (secondary N) is 2. The second kappa shape index (κ2) is 10.7. The average Bonchev–Trinajstić information content (AvgIpc) is 2.47. The van der Waals surface area contributed by atoms with Gasteiger partial charge in [0, 0.05) is 0 Å². The molecular weight excluding hydrogens is 328 g/mol. The van der Waals surface area contributed by atoms with Gasteiger partial charge in [-0.2, -0.15) is 0 Å². The summed E-state index contributed by atoms with van der Waals surface area (Å²) in [5.74, 6) is -3.55. The van der Waals surface area contributed by atoms with E-state index in [0.29, 0.717) is 0 Å². The van der Waals surface area contributed by atoms with Crippen LogP contribution in [0.4, 0.5) is 0 Å². The minimum atomic E-state index is -1.14. The number of hydrogen-bond acceptors (Lipinski definition) is 5. The molecule has 1 rings (SSSR count). The largest absolute Gasteiger partial charge is 0.480 e. The van der Waals surface area contributed by atoms with E-state index < -0.39 is 41.8 Å². The molecule has 0 aliphatic carbocycles. The number of ether oxygens (including phenoxy) is 1. The third-order valence-electron chi connectivity index (χ3n) is 3.49. The summed E-state index contributed by atoms with van der Waals surface area (Å²) in [5.41, 5.74) is 0. The molecular formula is C17H30N2O6. The Morgan fingerprint density at radius 2 is 1.68 bits per heavy atom. The number of esters is 1. The predicted octanol–water partition coefficient (Wildman–Crippen LogP) is 0.942. The fourth-order valence-electron chi connectivity index (χ4n) is 2.17. The highest BCUT2D eigenvalue weighted by atomic mass is 16.6. The summed E-state index contributed by atoms with van der Waals surface area (Å²) in [4.78, 5) is 45.8. The summed E-state index contributed by atoms with van der Waals surface area (Å²) in [6.07, 6.45) is 0.362. The molecule has 0 aromatic heterocycles. The van der Waals surface area contributed by atoms with Crippen molar-refractivity contribution in [2.45, 2.75) is 60.1 Å². The van der Waals surface area contributed by atoms with Gasteiger partial charge in [0.25, 0.3) is 5.91 Å². The fourth-order valence-corrected chi connectivity index (χ4v) is 2.17. The Labute approximate surface area is 148 Å². The molecule has 0 saturated carbocycles. The van der Waals surface area contributed by atoms with Crippen molar-refractivity contribution in [3.8, 4) is 0 Å². The van der Waals surface area contributed by atoms with Crippen LogP contribution < -0.4 is 10.6 Å². The van der Waals surface area contributed by atoms with E-state index in [0.717, 1.165) is 0 Å². The van der Waals surface area contributed by atoms with E-state index >= 15 is 0 Å². The van der Waals surface area contributed by atoms with Gasteiger partial charge in [-0.3, -0.25) is 14.4 Å². The lowest BCUT2D eigenvalue weighted by Gasteiger charge is -2.36. The Morgan fingerprint density at radius 1 is 1.16 bits per heavy atom. The Balaban J connectivity index is 0.00000178. The highest BCUT2D eigenvalue weighted by Crippen LogP contribution is 2.29. The molecule has 1 saturated heterocycles. The van der Waals surface area contributed by atoms with E-state index in [-0.39, 0.29) is 18.4 Å². The van der Waals surface area contributed by atoms with Crippen LogP contribution in [0.2, 0.25) is 0 Å². The van der Waals surface area contributed by atoms with Crippen molar-refractivity contribution >= 4 is 23.8 Å². The van der Waals surface area contributed by atoms with Crippen LogP contribution in [-0.2, 0) is 23.9 Å². The van der Waals surface area contributed by atoms with E-state index in [1.165, 1.54) is 6.42 Å². The fraction of sp³-hybridized carbons (Fsp3) is 0.765. The number of carbonyl (C=O) groups is 4. The van der Waals surface area contributed by atoms with Crippen LogP contribution >= 0.6 is 0 Å². The molecule has 0 bridgehead atoms. The van der Waals surface area contributed by atoms with Gasteiger partial charge < -0.3 is 20.5 Å². The lowest BCUT2D eigenvalue weighted by molar-refractivity contribution is -0.192. The van der Waals surface area contributed by atoms with E-state index in [1.54, 1.807) is 27.7 Å². The highest BCUT2D eigenvalue weighted by Gasteiger charge is 2.48. The molecule has 144 valence electrons. The summed E-state index contributed by atoms with van der Waals surface area (Å²) in [6, 6.07) is -1.02. The third kappa shape index (κ3) is 7.11. The first-order chi connectivity index (χ1) is 11.6. The molecule has 8 heteroatoms. The molecule has 3 atom stereocenters. The van der Waals surface area contributed by atoms with Gasteiger partial charge in [0.1, 0.15) is 12.0 Å². The summed E-state index contributed by atoms with van der Waals surface area (Å²) >= 11 is 0. The van der Waals surface area contributed by atoms with Crippen molar-refractivity contribution in [2.24, 2.45) is 17.8 Å². The summed E-state index contributed by atoms with van der Waals surface area (Å²) in [7, 11) is 0. The second-order valence-electron chi connectivity index (χ2n) is 6.68. The number of cyclic esters (lactones) is 1. The third-order valence-corrected chi connectivity index (χ3v) is 3.49. The molecule has 3 N–H and O–H groups in total. The van der Waals surface area contributed by atoms with Crippen molar-refractivity contribution < 1.29 is 29.0 Å². The smallest absolute Gasteiger partial charge is 0.326 e. The van der Waals surface area contributed by atoms with E-state index in [1.807, 2.05) is 0 Å². The molecule has 2 amide bonds. The minimum Gasteiger partial charge on any atom is -0.480 e. The number of rotatable bonds is 7. The van der Waals surface area contributed by atoms with E-state index in [9.17, 15) is 19.2 Å². The van der Waals surface area contributed by atoms with Gasteiger partial charge in [-0.05, 0) is 11.8 Å². The van der Waals surface area contributed by atoms with Gasteiger partial charge in [0.05, 0.1) is 6.54 Å². The van der Waals surface area contributed by atoms with Crippen LogP contribution in [0.25, 0.3) is 0 Å². The van der Waals surface area contributed by atoms with Crippen LogP contribution in [-0.4, -0.2) is 47.6 Å². The molecule has 25 heavy (non-hydrogen) atoms. The lowest BCUT2D eigenvalue weighted by atomic mass is 9.85. The van der Waals surface area contributed by atoms with Crippen molar-refractivity contribution in [1.82, 2.24) is 10.6 Å². The lowest BCUT2D eigenvalue weighted by Crippen LogP contribution is -2.57. The number of amides is 2. The molecule has 1 heterocycles. The standard InChI is InChI=1S/C14H22N2O6.C3H8/c1-6(2)9-11(22-14(9)21)12(18)15-5-8(17)16-10(7(3)4)13(19)20;1-3-2/h6-7,9-11H,5H2,1-4H3,(H,15,18)(H,16,17)(H,19,20);3H2,1-2H3. The highest BCUT2D eigenvalue weighted by molar-refractivity contribution is 5.96. The first-order valence-electron chi connectivity index (χ1n) is 8.57. The first kappa shape index (κ1) is 22.9. The maximum atomic E-state index is 11.9. The maximum absolute atomic E-state index is 11.9. The topological polar surface area (TPSA) is 122 Å². The zero-order chi connectivity index (χ0) is 19.7. The van der Waals surface area contributed by atoms with Crippen LogP contribution in [0.15, 0.2) is 0 Å². The molecule has 0 spiro atoms. The number of aliphatic carboxylic acids is 1. The zero-order valence-corrected chi connectivity index (χ0v) is 15.8. The number of carboxylic acid groups (broad SMARTS) is 1. The number of carboxylic acids is 1. The second-order valence-corrected chi connectivity index (χ2v) is 6.68. The molecule has 1 aliphatic rings. The Kier molecular flexibility index (Phi) is 9.78. The molecule has 1 fully saturated rings.